The minimum absolute atomic E-state index is 0. The molecule has 2 atom stereocenters. The Labute approximate surface area is 175 Å². The number of halogens is 1. The molecule has 1 aromatic rings. The molecule has 2 fully saturated rings. The number of nitrogens with one attached hydrogen (secondary N) is 2. The maximum absolute atomic E-state index is 4.87. The first-order valence-corrected chi connectivity index (χ1v) is 9.73. The molecule has 1 aliphatic carbocycles. The smallest absolute Gasteiger partial charge is 0.191 e. The third-order valence-electron chi connectivity index (χ3n) is 5.29. The Balaban J connectivity index is 0.00000243. The van der Waals surface area contributed by atoms with E-state index in [1.807, 2.05) is 6.08 Å². The Morgan fingerprint density at radius 3 is 2.65 bits per heavy atom. The SMILES string of the molecule is C=CCN1CCC(NC(=NCC2CC2c2ccccc2)NCC)CC1.I. The number of aliphatic imine (C=N–C) groups is 1. The highest BCUT2D eigenvalue weighted by Crippen LogP contribution is 2.47. The minimum atomic E-state index is 0. The first kappa shape index (κ1) is 21.2. The van der Waals surface area contributed by atoms with E-state index in [4.69, 9.17) is 4.99 Å². The molecule has 0 radical (unpaired) electrons. The van der Waals surface area contributed by atoms with Crippen molar-refractivity contribution in [2.45, 2.75) is 38.1 Å². The highest BCUT2D eigenvalue weighted by Gasteiger charge is 2.37. The van der Waals surface area contributed by atoms with Crippen molar-refractivity contribution < 1.29 is 0 Å². The predicted octanol–water partition coefficient (Wildman–Crippen LogP) is 3.61. The summed E-state index contributed by atoms with van der Waals surface area (Å²) < 4.78 is 0. The van der Waals surface area contributed by atoms with Crippen LogP contribution in [0.25, 0.3) is 0 Å². The van der Waals surface area contributed by atoms with E-state index < -0.39 is 0 Å². The van der Waals surface area contributed by atoms with Gasteiger partial charge in [-0.3, -0.25) is 9.89 Å². The number of likely N-dealkylation sites (tertiary alicyclic amines) is 1. The van der Waals surface area contributed by atoms with E-state index in [9.17, 15) is 0 Å². The van der Waals surface area contributed by atoms with Crippen molar-refractivity contribution in [3.05, 3.63) is 48.6 Å². The summed E-state index contributed by atoms with van der Waals surface area (Å²) in [5.74, 6) is 2.39. The Morgan fingerprint density at radius 2 is 2.00 bits per heavy atom. The molecule has 144 valence electrons. The average molecular weight is 468 g/mol. The number of benzene rings is 1. The molecule has 2 unspecified atom stereocenters. The van der Waals surface area contributed by atoms with Gasteiger partial charge in [0.15, 0.2) is 5.96 Å². The summed E-state index contributed by atoms with van der Waals surface area (Å²) in [4.78, 5) is 7.33. The second-order valence-corrected chi connectivity index (χ2v) is 7.24. The van der Waals surface area contributed by atoms with Crippen LogP contribution in [-0.2, 0) is 0 Å². The van der Waals surface area contributed by atoms with Crippen molar-refractivity contribution >= 4 is 29.9 Å². The molecule has 2 aliphatic rings. The molecule has 1 saturated heterocycles. The molecule has 2 N–H and O–H groups in total. The van der Waals surface area contributed by atoms with Crippen LogP contribution in [0.1, 0.15) is 37.7 Å². The van der Waals surface area contributed by atoms with Crippen LogP contribution < -0.4 is 10.6 Å². The average Bonchev–Trinajstić information content (AvgIpc) is 3.42. The molecule has 1 heterocycles. The van der Waals surface area contributed by atoms with Gasteiger partial charge in [0.25, 0.3) is 0 Å². The van der Waals surface area contributed by atoms with E-state index in [1.165, 1.54) is 24.8 Å². The van der Waals surface area contributed by atoms with Crippen molar-refractivity contribution in [1.29, 1.82) is 0 Å². The molecular formula is C21H33IN4. The van der Waals surface area contributed by atoms with Crippen LogP contribution in [0, 0.1) is 5.92 Å². The quantitative estimate of drug-likeness (QED) is 0.278. The molecule has 26 heavy (non-hydrogen) atoms. The molecule has 4 nitrogen and oxygen atoms in total. The molecule has 0 aromatic heterocycles. The molecule has 3 rings (SSSR count). The molecule has 5 heteroatoms. The third kappa shape index (κ3) is 6.27. The highest BCUT2D eigenvalue weighted by molar-refractivity contribution is 14.0. The number of piperidine rings is 1. The lowest BCUT2D eigenvalue weighted by Gasteiger charge is -2.32. The monoisotopic (exact) mass is 468 g/mol. The van der Waals surface area contributed by atoms with E-state index in [0.29, 0.717) is 17.9 Å². The number of nitrogens with zero attached hydrogens (tertiary/aromatic N) is 2. The summed E-state index contributed by atoms with van der Waals surface area (Å²) in [6.07, 6.45) is 5.62. The number of guanidine groups is 1. The fraction of sp³-hybridized carbons (Fsp3) is 0.571. The molecule has 0 amide bonds. The van der Waals surface area contributed by atoms with Gasteiger partial charge in [0.2, 0.25) is 0 Å². The van der Waals surface area contributed by atoms with E-state index in [2.05, 4.69) is 59.4 Å². The Hall–Kier alpha value is -1.08. The van der Waals surface area contributed by atoms with Crippen molar-refractivity contribution in [3.63, 3.8) is 0 Å². The summed E-state index contributed by atoms with van der Waals surface area (Å²) in [7, 11) is 0. The van der Waals surface area contributed by atoms with Crippen molar-refractivity contribution in [3.8, 4) is 0 Å². The van der Waals surface area contributed by atoms with Gasteiger partial charge in [0.1, 0.15) is 0 Å². The largest absolute Gasteiger partial charge is 0.357 e. The van der Waals surface area contributed by atoms with Crippen molar-refractivity contribution in [2.24, 2.45) is 10.9 Å². The van der Waals surface area contributed by atoms with Gasteiger partial charge in [0, 0.05) is 38.8 Å². The second-order valence-electron chi connectivity index (χ2n) is 7.24. The third-order valence-corrected chi connectivity index (χ3v) is 5.29. The lowest BCUT2D eigenvalue weighted by molar-refractivity contribution is 0.225. The first-order chi connectivity index (χ1) is 12.3. The lowest BCUT2D eigenvalue weighted by Crippen LogP contribution is -2.48. The zero-order chi connectivity index (χ0) is 17.5. The normalized spacial score (nSPS) is 23.8. The lowest BCUT2D eigenvalue weighted by atomic mass is 10.1. The van der Waals surface area contributed by atoms with E-state index >= 15 is 0 Å². The molecule has 1 aromatic carbocycles. The van der Waals surface area contributed by atoms with Gasteiger partial charge in [-0.1, -0.05) is 36.4 Å². The maximum atomic E-state index is 4.87. The fourth-order valence-electron chi connectivity index (χ4n) is 3.72. The molecule has 0 bridgehead atoms. The van der Waals surface area contributed by atoms with Crippen LogP contribution in [0.3, 0.4) is 0 Å². The number of rotatable bonds is 7. The Bertz CT molecular complexity index is 567. The van der Waals surface area contributed by atoms with Gasteiger partial charge < -0.3 is 10.6 Å². The van der Waals surface area contributed by atoms with Gasteiger partial charge in [-0.05, 0) is 43.6 Å². The zero-order valence-electron chi connectivity index (χ0n) is 15.9. The summed E-state index contributed by atoms with van der Waals surface area (Å²) in [5, 5.41) is 7.06. The second kappa shape index (κ2) is 10.9. The van der Waals surface area contributed by atoms with Gasteiger partial charge in [0.05, 0.1) is 0 Å². The molecular weight excluding hydrogens is 435 g/mol. The topological polar surface area (TPSA) is 39.7 Å². The summed E-state index contributed by atoms with van der Waals surface area (Å²) >= 11 is 0. The van der Waals surface area contributed by atoms with Crippen LogP contribution in [0.5, 0.6) is 0 Å². The van der Waals surface area contributed by atoms with Crippen molar-refractivity contribution in [2.75, 3.05) is 32.7 Å². The Morgan fingerprint density at radius 1 is 1.27 bits per heavy atom. The minimum Gasteiger partial charge on any atom is -0.357 e. The fourth-order valence-corrected chi connectivity index (χ4v) is 3.72. The highest BCUT2D eigenvalue weighted by atomic mass is 127. The van der Waals surface area contributed by atoms with E-state index in [0.717, 1.165) is 38.7 Å². The van der Waals surface area contributed by atoms with Crippen LogP contribution in [0.15, 0.2) is 48.0 Å². The molecule has 1 aliphatic heterocycles. The number of hydrogen-bond acceptors (Lipinski definition) is 2. The van der Waals surface area contributed by atoms with Gasteiger partial charge in [-0.15, -0.1) is 30.6 Å². The Kier molecular flexibility index (Phi) is 8.91. The summed E-state index contributed by atoms with van der Waals surface area (Å²) in [5.41, 5.74) is 1.47. The van der Waals surface area contributed by atoms with Gasteiger partial charge in [-0.2, -0.15) is 0 Å². The van der Waals surface area contributed by atoms with Crippen molar-refractivity contribution in [1.82, 2.24) is 15.5 Å². The predicted molar refractivity (Wildman–Crippen MR) is 121 cm³/mol. The van der Waals surface area contributed by atoms with Crippen LogP contribution in [0.2, 0.25) is 0 Å². The van der Waals surface area contributed by atoms with Gasteiger partial charge >= 0.3 is 0 Å². The van der Waals surface area contributed by atoms with Crippen LogP contribution in [-0.4, -0.2) is 49.6 Å². The first-order valence-electron chi connectivity index (χ1n) is 9.73. The zero-order valence-corrected chi connectivity index (χ0v) is 18.2. The summed E-state index contributed by atoms with van der Waals surface area (Å²) in [6.45, 7) is 11.1. The van der Waals surface area contributed by atoms with Crippen LogP contribution in [0.4, 0.5) is 0 Å². The molecule has 1 saturated carbocycles. The summed E-state index contributed by atoms with van der Waals surface area (Å²) in [6, 6.07) is 11.4. The number of hydrogen-bond donors (Lipinski definition) is 2. The van der Waals surface area contributed by atoms with Crippen LogP contribution >= 0.6 is 24.0 Å². The molecule has 0 spiro atoms. The van der Waals surface area contributed by atoms with E-state index in [-0.39, 0.29) is 24.0 Å². The van der Waals surface area contributed by atoms with Gasteiger partial charge in [-0.25, -0.2) is 0 Å². The maximum Gasteiger partial charge on any atom is 0.191 e. The van der Waals surface area contributed by atoms with E-state index in [1.54, 1.807) is 0 Å². The standard InChI is InChI=1S/C21H32N4.HI/c1-3-12-25-13-10-19(11-14-25)24-21(22-4-2)23-16-18-15-20(18)17-8-6-5-7-9-17;/h3,5-9,18-20H,1,4,10-16H2,2H3,(H2,22,23,24);1H.